The highest BCUT2D eigenvalue weighted by Crippen LogP contribution is 2.26. The minimum absolute atomic E-state index is 0.0559. The Hall–Kier alpha value is -3.15. The summed E-state index contributed by atoms with van der Waals surface area (Å²) in [6, 6.07) is 11.4. The maximum absolute atomic E-state index is 13.9. The molecule has 0 N–H and O–H groups in total. The Kier molecular flexibility index (Phi) is 4.39. The van der Waals surface area contributed by atoms with Gasteiger partial charge < -0.3 is 4.90 Å². The smallest absolute Gasteiger partial charge is 0.256 e. The minimum Gasteiger partial charge on any atom is -0.338 e. The lowest BCUT2D eigenvalue weighted by atomic mass is 10.0. The van der Waals surface area contributed by atoms with Gasteiger partial charge in [-0.3, -0.25) is 9.78 Å². The van der Waals surface area contributed by atoms with E-state index >= 15 is 0 Å². The number of hydrogen-bond donors (Lipinski definition) is 0. The number of fused-ring (bicyclic) bond motifs is 1. The zero-order valence-electron chi connectivity index (χ0n) is 14.1. The van der Waals surface area contributed by atoms with Gasteiger partial charge in [0.1, 0.15) is 6.33 Å². The fourth-order valence-corrected chi connectivity index (χ4v) is 3.29. The monoisotopic (exact) mass is 348 g/mol. The maximum atomic E-state index is 13.9. The first-order valence-electron chi connectivity index (χ1n) is 8.51. The number of benzene rings is 1. The highest BCUT2D eigenvalue weighted by atomic mass is 19.1. The number of carbonyl (C=O) groups is 1. The van der Waals surface area contributed by atoms with Crippen molar-refractivity contribution in [2.24, 2.45) is 0 Å². The Bertz CT molecular complexity index is 946. The molecule has 3 aromatic rings. The van der Waals surface area contributed by atoms with E-state index in [1.54, 1.807) is 11.2 Å². The number of halogens is 1. The molecule has 1 amide bonds. The van der Waals surface area contributed by atoms with Crippen molar-refractivity contribution in [2.75, 3.05) is 13.1 Å². The first-order valence-corrected chi connectivity index (χ1v) is 8.51. The van der Waals surface area contributed by atoms with Crippen LogP contribution in [0.4, 0.5) is 4.39 Å². The molecule has 0 atom stereocenters. The highest BCUT2D eigenvalue weighted by molar-refractivity contribution is 5.94. The molecule has 1 aromatic carbocycles. The molecule has 2 aromatic heterocycles. The second-order valence-electron chi connectivity index (χ2n) is 6.16. The van der Waals surface area contributed by atoms with Gasteiger partial charge in [0.25, 0.3) is 5.91 Å². The van der Waals surface area contributed by atoms with Crippen LogP contribution in [-0.4, -0.2) is 38.8 Å². The molecular weight excluding hydrogens is 331 g/mol. The molecule has 1 aliphatic rings. The lowest BCUT2D eigenvalue weighted by Crippen LogP contribution is -2.33. The Labute approximate surface area is 150 Å². The molecule has 26 heavy (non-hydrogen) atoms. The Morgan fingerprint density at radius 2 is 1.85 bits per heavy atom. The fraction of sp³-hybridized carbons (Fsp3) is 0.200. The van der Waals surface area contributed by atoms with E-state index in [-0.39, 0.29) is 11.5 Å². The molecule has 3 heterocycles. The average molecular weight is 348 g/mol. The predicted octanol–water partition coefficient (Wildman–Crippen LogP) is 2.92. The standard InChI is InChI=1S/C20H17FN4O/c21-17-12-22-9-6-15(17)20(26)25-10-7-16-18(8-11-25)23-13-24-19(16)14-4-2-1-3-5-14/h1-6,9,12-13H,7-8,10-11H2. The van der Waals surface area contributed by atoms with Gasteiger partial charge in [-0.2, -0.15) is 0 Å². The maximum Gasteiger partial charge on any atom is 0.256 e. The Morgan fingerprint density at radius 1 is 1.04 bits per heavy atom. The molecule has 0 saturated heterocycles. The van der Waals surface area contributed by atoms with E-state index in [2.05, 4.69) is 15.0 Å². The van der Waals surface area contributed by atoms with Gasteiger partial charge >= 0.3 is 0 Å². The molecule has 0 aliphatic carbocycles. The zero-order chi connectivity index (χ0) is 17.9. The minimum atomic E-state index is -0.593. The van der Waals surface area contributed by atoms with E-state index in [0.29, 0.717) is 25.9 Å². The van der Waals surface area contributed by atoms with Crippen molar-refractivity contribution < 1.29 is 9.18 Å². The van der Waals surface area contributed by atoms with Crippen LogP contribution < -0.4 is 0 Å². The normalized spacial score (nSPS) is 13.8. The molecule has 1 aliphatic heterocycles. The van der Waals surface area contributed by atoms with Crippen molar-refractivity contribution in [1.29, 1.82) is 0 Å². The first kappa shape index (κ1) is 16.3. The summed E-state index contributed by atoms with van der Waals surface area (Å²) in [6.45, 7) is 1.000. The number of aromatic nitrogens is 3. The van der Waals surface area contributed by atoms with Crippen molar-refractivity contribution in [1.82, 2.24) is 19.9 Å². The van der Waals surface area contributed by atoms with Crippen molar-refractivity contribution >= 4 is 5.91 Å². The van der Waals surface area contributed by atoms with Gasteiger partial charge in [0.05, 0.1) is 17.5 Å². The number of carbonyl (C=O) groups excluding carboxylic acids is 1. The third-order valence-corrected chi connectivity index (χ3v) is 4.62. The van der Waals surface area contributed by atoms with Crippen LogP contribution in [0.5, 0.6) is 0 Å². The molecule has 0 fully saturated rings. The third-order valence-electron chi connectivity index (χ3n) is 4.62. The van der Waals surface area contributed by atoms with Crippen LogP contribution in [0.1, 0.15) is 21.6 Å². The van der Waals surface area contributed by atoms with E-state index in [1.165, 1.54) is 12.3 Å². The van der Waals surface area contributed by atoms with Crippen LogP contribution in [0.15, 0.2) is 55.1 Å². The van der Waals surface area contributed by atoms with E-state index < -0.39 is 5.82 Å². The zero-order valence-corrected chi connectivity index (χ0v) is 14.1. The third kappa shape index (κ3) is 3.06. The fourth-order valence-electron chi connectivity index (χ4n) is 3.29. The second kappa shape index (κ2) is 7.00. The molecule has 0 unspecified atom stereocenters. The van der Waals surface area contributed by atoms with Crippen LogP contribution in [0.2, 0.25) is 0 Å². The van der Waals surface area contributed by atoms with Gasteiger partial charge in [0, 0.05) is 42.5 Å². The van der Waals surface area contributed by atoms with Crippen molar-refractivity contribution in [3.8, 4) is 11.3 Å². The summed E-state index contributed by atoms with van der Waals surface area (Å²) in [5, 5.41) is 0. The molecule has 0 radical (unpaired) electrons. The number of nitrogens with zero attached hydrogens (tertiary/aromatic N) is 4. The van der Waals surface area contributed by atoms with E-state index in [9.17, 15) is 9.18 Å². The molecule has 4 rings (SSSR count). The van der Waals surface area contributed by atoms with Crippen LogP contribution in [-0.2, 0) is 12.8 Å². The lowest BCUT2D eigenvalue weighted by molar-refractivity contribution is 0.0758. The van der Waals surface area contributed by atoms with E-state index in [4.69, 9.17) is 0 Å². The molecule has 0 bridgehead atoms. The molecular formula is C20H17FN4O. The van der Waals surface area contributed by atoms with Crippen LogP contribution in [0.3, 0.4) is 0 Å². The van der Waals surface area contributed by atoms with Crippen LogP contribution in [0.25, 0.3) is 11.3 Å². The topological polar surface area (TPSA) is 59.0 Å². The van der Waals surface area contributed by atoms with Gasteiger partial charge in [-0.15, -0.1) is 0 Å². The van der Waals surface area contributed by atoms with Gasteiger partial charge in [-0.25, -0.2) is 14.4 Å². The van der Waals surface area contributed by atoms with Crippen LogP contribution in [0, 0.1) is 5.82 Å². The Balaban J connectivity index is 1.62. The summed E-state index contributed by atoms with van der Waals surface area (Å²) in [4.78, 5) is 27.0. The number of pyridine rings is 1. The van der Waals surface area contributed by atoms with Gasteiger partial charge in [-0.05, 0) is 12.5 Å². The van der Waals surface area contributed by atoms with Crippen LogP contribution >= 0.6 is 0 Å². The molecule has 0 spiro atoms. The summed E-state index contributed by atoms with van der Waals surface area (Å²) in [7, 11) is 0. The van der Waals surface area contributed by atoms with Gasteiger partial charge in [-0.1, -0.05) is 30.3 Å². The summed E-state index contributed by atoms with van der Waals surface area (Å²) in [6.07, 6.45) is 5.33. The summed E-state index contributed by atoms with van der Waals surface area (Å²) < 4.78 is 13.9. The predicted molar refractivity (Wildman–Crippen MR) is 95.0 cm³/mol. The first-order chi connectivity index (χ1) is 12.7. The van der Waals surface area contributed by atoms with Gasteiger partial charge in [0.2, 0.25) is 0 Å². The molecule has 5 nitrogen and oxygen atoms in total. The summed E-state index contributed by atoms with van der Waals surface area (Å²) in [5.41, 5.74) is 4.00. The summed E-state index contributed by atoms with van der Waals surface area (Å²) in [5.74, 6) is -0.907. The number of rotatable bonds is 2. The number of hydrogen-bond acceptors (Lipinski definition) is 4. The second-order valence-corrected chi connectivity index (χ2v) is 6.16. The highest BCUT2D eigenvalue weighted by Gasteiger charge is 2.24. The van der Waals surface area contributed by atoms with Crippen molar-refractivity contribution in [3.05, 3.63) is 77.8 Å². The summed E-state index contributed by atoms with van der Waals surface area (Å²) >= 11 is 0. The Morgan fingerprint density at radius 3 is 2.65 bits per heavy atom. The molecule has 6 heteroatoms. The molecule has 0 saturated carbocycles. The van der Waals surface area contributed by atoms with E-state index in [0.717, 1.165) is 28.7 Å². The SMILES string of the molecule is O=C(c1ccncc1F)N1CCc2ncnc(-c3ccccc3)c2CC1. The lowest BCUT2D eigenvalue weighted by Gasteiger charge is -2.20. The molecule has 130 valence electrons. The quantitative estimate of drug-likeness (QED) is 0.714. The van der Waals surface area contributed by atoms with Gasteiger partial charge in [0.15, 0.2) is 5.82 Å². The van der Waals surface area contributed by atoms with Crippen molar-refractivity contribution in [3.63, 3.8) is 0 Å². The van der Waals surface area contributed by atoms with Crippen molar-refractivity contribution in [2.45, 2.75) is 12.8 Å². The average Bonchev–Trinajstić information content (AvgIpc) is 2.91. The van der Waals surface area contributed by atoms with E-state index in [1.807, 2.05) is 30.3 Å². The number of amides is 1. The largest absolute Gasteiger partial charge is 0.338 e.